The highest BCUT2D eigenvalue weighted by Gasteiger charge is 2.36. The second-order valence-electron chi connectivity index (χ2n) is 8.06. The average molecular weight is 388 g/mol. The number of ether oxygens (including phenoxy) is 1. The van der Waals surface area contributed by atoms with Gasteiger partial charge in [-0.2, -0.15) is 0 Å². The van der Waals surface area contributed by atoms with E-state index in [-0.39, 0.29) is 24.0 Å². The minimum atomic E-state index is -0.0929. The SMILES string of the molecule is CN(C)C[C@@H]1OCCN(C(=O)CCN2CCCCCC2=O)[C@H]1c1ccccc1. The Hall–Kier alpha value is -1.92. The van der Waals surface area contributed by atoms with Crippen LogP contribution in [0.3, 0.4) is 0 Å². The second-order valence-corrected chi connectivity index (χ2v) is 8.06. The van der Waals surface area contributed by atoms with Gasteiger partial charge in [0.15, 0.2) is 0 Å². The van der Waals surface area contributed by atoms with Crippen molar-refractivity contribution in [1.82, 2.24) is 14.7 Å². The minimum Gasteiger partial charge on any atom is -0.373 e. The van der Waals surface area contributed by atoms with Crippen molar-refractivity contribution in [2.45, 2.75) is 44.2 Å². The number of carbonyl (C=O) groups is 2. The van der Waals surface area contributed by atoms with Gasteiger partial charge in [0.05, 0.1) is 18.8 Å². The molecule has 28 heavy (non-hydrogen) atoms. The molecule has 0 saturated carbocycles. The zero-order valence-corrected chi connectivity index (χ0v) is 17.2. The molecular weight excluding hydrogens is 354 g/mol. The summed E-state index contributed by atoms with van der Waals surface area (Å²) in [4.78, 5) is 31.3. The lowest BCUT2D eigenvalue weighted by molar-refractivity contribution is -0.148. The summed E-state index contributed by atoms with van der Waals surface area (Å²) in [6, 6.07) is 10.1. The van der Waals surface area contributed by atoms with Crippen molar-refractivity contribution in [3.8, 4) is 0 Å². The molecule has 1 aromatic rings. The van der Waals surface area contributed by atoms with Crippen molar-refractivity contribution < 1.29 is 14.3 Å². The Morgan fingerprint density at radius 3 is 2.68 bits per heavy atom. The van der Waals surface area contributed by atoms with Gasteiger partial charge in [0.25, 0.3) is 0 Å². The largest absolute Gasteiger partial charge is 0.373 e. The number of hydrogen-bond acceptors (Lipinski definition) is 4. The fraction of sp³-hybridized carbons (Fsp3) is 0.636. The Morgan fingerprint density at radius 2 is 1.93 bits per heavy atom. The van der Waals surface area contributed by atoms with Crippen LogP contribution < -0.4 is 0 Å². The third-order valence-electron chi connectivity index (χ3n) is 5.63. The smallest absolute Gasteiger partial charge is 0.225 e. The van der Waals surface area contributed by atoms with Gasteiger partial charge in [0.2, 0.25) is 11.8 Å². The van der Waals surface area contributed by atoms with Crippen LogP contribution in [0.2, 0.25) is 0 Å². The molecule has 154 valence electrons. The molecule has 0 radical (unpaired) electrons. The predicted octanol–water partition coefficient (Wildman–Crippen LogP) is 2.31. The molecule has 6 heteroatoms. The van der Waals surface area contributed by atoms with Crippen molar-refractivity contribution >= 4 is 11.8 Å². The van der Waals surface area contributed by atoms with E-state index in [1.165, 1.54) is 0 Å². The van der Waals surface area contributed by atoms with Crippen molar-refractivity contribution in [3.05, 3.63) is 35.9 Å². The molecule has 2 amide bonds. The van der Waals surface area contributed by atoms with Crippen molar-refractivity contribution in [2.75, 3.05) is 46.9 Å². The summed E-state index contributed by atoms with van der Waals surface area (Å²) in [6.07, 6.45) is 4.04. The zero-order valence-electron chi connectivity index (χ0n) is 17.2. The first-order chi connectivity index (χ1) is 13.6. The standard InChI is InChI=1S/C22H33N3O3/c1-23(2)17-19-22(18-9-5-3-6-10-18)25(15-16-28-19)21(27)12-14-24-13-8-4-7-11-20(24)26/h3,5-6,9-10,19,22H,4,7-8,11-17H2,1-2H3/t19-,22-/m0/s1. The van der Waals surface area contributed by atoms with Crippen molar-refractivity contribution in [2.24, 2.45) is 0 Å². The fourth-order valence-electron chi connectivity index (χ4n) is 4.22. The van der Waals surface area contributed by atoms with E-state index >= 15 is 0 Å². The maximum atomic E-state index is 13.2. The van der Waals surface area contributed by atoms with E-state index in [1.54, 1.807) is 0 Å². The molecule has 0 aliphatic carbocycles. The highest BCUT2D eigenvalue weighted by atomic mass is 16.5. The molecule has 2 aliphatic rings. The number of hydrogen-bond donors (Lipinski definition) is 0. The Labute approximate surface area is 168 Å². The Bertz CT molecular complexity index is 650. The van der Waals surface area contributed by atoms with E-state index in [0.717, 1.165) is 37.9 Å². The molecule has 0 N–H and O–H groups in total. The van der Waals surface area contributed by atoms with Gasteiger partial charge in [-0.3, -0.25) is 9.59 Å². The van der Waals surface area contributed by atoms with Crippen LogP contribution in [0, 0.1) is 0 Å². The van der Waals surface area contributed by atoms with Crippen molar-refractivity contribution in [1.29, 1.82) is 0 Å². The number of rotatable bonds is 6. The average Bonchev–Trinajstić information content (AvgIpc) is 2.90. The van der Waals surface area contributed by atoms with E-state index in [1.807, 2.05) is 42.1 Å². The van der Waals surface area contributed by atoms with Gasteiger partial charge in [-0.25, -0.2) is 0 Å². The van der Waals surface area contributed by atoms with Crippen LogP contribution in [0.25, 0.3) is 0 Å². The number of nitrogens with zero attached hydrogens (tertiary/aromatic N) is 3. The Kier molecular flexibility index (Phi) is 7.45. The van der Waals surface area contributed by atoms with Crippen LogP contribution in [-0.2, 0) is 14.3 Å². The van der Waals surface area contributed by atoms with Gasteiger partial charge >= 0.3 is 0 Å². The summed E-state index contributed by atoms with van der Waals surface area (Å²) in [6.45, 7) is 3.20. The normalized spacial score (nSPS) is 23.8. The van der Waals surface area contributed by atoms with Crippen LogP contribution in [0.5, 0.6) is 0 Å². The van der Waals surface area contributed by atoms with Crippen LogP contribution in [-0.4, -0.2) is 79.5 Å². The zero-order chi connectivity index (χ0) is 19.9. The van der Waals surface area contributed by atoms with Gasteiger partial charge in [-0.05, 0) is 32.5 Å². The maximum absolute atomic E-state index is 13.2. The number of likely N-dealkylation sites (N-methyl/N-ethyl adjacent to an activating group) is 1. The Balaban J connectivity index is 1.71. The third kappa shape index (κ3) is 5.32. The van der Waals surface area contributed by atoms with Gasteiger partial charge in [0, 0.05) is 39.0 Å². The summed E-state index contributed by atoms with van der Waals surface area (Å²) < 4.78 is 6.06. The summed E-state index contributed by atoms with van der Waals surface area (Å²) in [5.41, 5.74) is 1.10. The fourth-order valence-corrected chi connectivity index (χ4v) is 4.22. The number of amides is 2. The molecule has 1 aromatic carbocycles. The number of benzene rings is 1. The molecular formula is C22H33N3O3. The summed E-state index contributed by atoms with van der Waals surface area (Å²) in [5.74, 6) is 0.301. The summed E-state index contributed by atoms with van der Waals surface area (Å²) in [5, 5.41) is 0. The molecule has 6 nitrogen and oxygen atoms in total. The first kappa shape index (κ1) is 20.8. The van der Waals surface area contributed by atoms with Crippen LogP contribution >= 0.6 is 0 Å². The van der Waals surface area contributed by atoms with E-state index < -0.39 is 0 Å². The number of morpholine rings is 1. The van der Waals surface area contributed by atoms with E-state index in [4.69, 9.17) is 4.74 Å². The molecule has 0 spiro atoms. The number of likely N-dealkylation sites (tertiary alicyclic amines) is 1. The molecule has 0 bridgehead atoms. The van der Waals surface area contributed by atoms with E-state index in [9.17, 15) is 9.59 Å². The van der Waals surface area contributed by atoms with Gasteiger partial charge in [-0.1, -0.05) is 36.8 Å². The van der Waals surface area contributed by atoms with Crippen molar-refractivity contribution in [3.63, 3.8) is 0 Å². The third-order valence-corrected chi connectivity index (χ3v) is 5.63. The molecule has 2 saturated heterocycles. The van der Waals surface area contributed by atoms with Crippen LogP contribution in [0.4, 0.5) is 0 Å². The molecule has 2 fully saturated rings. The highest BCUT2D eigenvalue weighted by molar-refractivity contribution is 5.79. The van der Waals surface area contributed by atoms with Crippen LogP contribution in [0.1, 0.15) is 43.7 Å². The lowest BCUT2D eigenvalue weighted by atomic mass is 9.97. The Morgan fingerprint density at radius 1 is 1.14 bits per heavy atom. The monoisotopic (exact) mass is 387 g/mol. The van der Waals surface area contributed by atoms with Gasteiger partial charge < -0.3 is 19.4 Å². The lowest BCUT2D eigenvalue weighted by Crippen LogP contribution is -2.51. The number of carbonyl (C=O) groups excluding carboxylic acids is 2. The van der Waals surface area contributed by atoms with E-state index in [0.29, 0.717) is 32.5 Å². The first-order valence-corrected chi connectivity index (χ1v) is 10.4. The summed E-state index contributed by atoms with van der Waals surface area (Å²) >= 11 is 0. The highest BCUT2D eigenvalue weighted by Crippen LogP contribution is 2.30. The molecule has 0 aromatic heterocycles. The second kappa shape index (κ2) is 10.0. The lowest BCUT2D eigenvalue weighted by Gasteiger charge is -2.42. The van der Waals surface area contributed by atoms with E-state index in [2.05, 4.69) is 17.0 Å². The molecule has 3 rings (SSSR count). The molecule has 2 heterocycles. The van der Waals surface area contributed by atoms with Crippen LogP contribution in [0.15, 0.2) is 30.3 Å². The first-order valence-electron chi connectivity index (χ1n) is 10.4. The molecule has 2 aliphatic heterocycles. The minimum absolute atomic E-state index is 0.0603. The molecule has 0 unspecified atom stereocenters. The maximum Gasteiger partial charge on any atom is 0.225 e. The van der Waals surface area contributed by atoms with Gasteiger partial charge in [0.1, 0.15) is 0 Å². The molecule has 2 atom stereocenters. The topological polar surface area (TPSA) is 53.1 Å². The predicted molar refractivity (Wildman–Crippen MR) is 109 cm³/mol. The quantitative estimate of drug-likeness (QED) is 0.752. The summed E-state index contributed by atoms with van der Waals surface area (Å²) in [7, 11) is 4.05. The van der Waals surface area contributed by atoms with Gasteiger partial charge in [-0.15, -0.1) is 0 Å².